The Kier molecular flexibility index (Phi) is 4.57. The van der Waals surface area contributed by atoms with Gasteiger partial charge < -0.3 is 0 Å². The molecule has 0 aliphatic rings. The molecule has 2 aromatic rings. The van der Waals surface area contributed by atoms with Gasteiger partial charge in [-0.05, 0) is 12.5 Å². The first-order valence-corrected chi connectivity index (χ1v) is 8.33. The summed E-state index contributed by atoms with van der Waals surface area (Å²) in [6, 6.07) is 4.51. The fourth-order valence-electron chi connectivity index (χ4n) is 1.67. The Morgan fingerprint density at radius 1 is 1.48 bits per heavy atom. The van der Waals surface area contributed by atoms with Gasteiger partial charge in [-0.1, -0.05) is 35.1 Å². The van der Waals surface area contributed by atoms with E-state index in [1.54, 1.807) is 13.0 Å². The van der Waals surface area contributed by atoms with Crippen molar-refractivity contribution in [1.29, 1.82) is 0 Å². The van der Waals surface area contributed by atoms with Crippen molar-refractivity contribution in [3.8, 4) is 0 Å². The number of thiazole rings is 1. The lowest BCUT2D eigenvalue weighted by atomic mass is 10.1. The van der Waals surface area contributed by atoms with Crippen LogP contribution in [-0.2, 0) is 16.6 Å². The SMILES string of the molecule is Cc1c(CNS(=O)(=O)c2cnc(Cl)s2)cccc1[N+](=O)[O-]. The zero-order chi connectivity index (χ0) is 15.6. The molecule has 0 atom stereocenters. The molecule has 7 nitrogen and oxygen atoms in total. The number of halogens is 1. The minimum absolute atomic E-state index is 0.00409. The highest BCUT2D eigenvalue weighted by Gasteiger charge is 2.19. The van der Waals surface area contributed by atoms with Crippen LogP contribution in [0.5, 0.6) is 0 Å². The summed E-state index contributed by atoms with van der Waals surface area (Å²) in [5.74, 6) is 0. The number of nitrogens with zero attached hydrogens (tertiary/aromatic N) is 2. The zero-order valence-corrected chi connectivity index (χ0v) is 13.1. The van der Waals surface area contributed by atoms with Crippen molar-refractivity contribution in [2.45, 2.75) is 17.7 Å². The second-order valence-corrected chi connectivity index (χ2v) is 7.68. The molecule has 0 fully saturated rings. The molecule has 10 heteroatoms. The molecule has 0 aliphatic heterocycles. The summed E-state index contributed by atoms with van der Waals surface area (Å²) in [5.41, 5.74) is 0.906. The van der Waals surface area contributed by atoms with E-state index in [-0.39, 0.29) is 20.9 Å². The summed E-state index contributed by atoms with van der Waals surface area (Å²) in [7, 11) is -3.74. The van der Waals surface area contributed by atoms with Crippen LogP contribution < -0.4 is 4.72 Å². The van der Waals surface area contributed by atoms with Gasteiger partial charge in [-0.3, -0.25) is 10.1 Å². The van der Waals surface area contributed by atoms with Crippen LogP contribution in [-0.4, -0.2) is 18.3 Å². The van der Waals surface area contributed by atoms with E-state index in [4.69, 9.17) is 11.6 Å². The van der Waals surface area contributed by atoms with E-state index >= 15 is 0 Å². The Morgan fingerprint density at radius 2 is 2.19 bits per heavy atom. The zero-order valence-electron chi connectivity index (χ0n) is 10.7. The molecular weight excluding hydrogens is 338 g/mol. The number of hydrogen-bond donors (Lipinski definition) is 1. The molecule has 0 aliphatic carbocycles. The minimum Gasteiger partial charge on any atom is -0.258 e. The highest BCUT2D eigenvalue weighted by molar-refractivity contribution is 7.91. The van der Waals surface area contributed by atoms with Crippen molar-refractivity contribution in [1.82, 2.24) is 9.71 Å². The number of nitro benzene ring substituents is 1. The third-order valence-electron chi connectivity index (χ3n) is 2.79. The molecular formula is C11H10ClN3O4S2. The van der Waals surface area contributed by atoms with Crippen LogP contribution in [0, 0.1) is 17.0 Å². The van der Waals surface area contributed by atoms with E-state index in [1.165, 1.54) is 12.1 Å². The van der Waals surface area contributed by atoms with Gasteiger partial charge in [0.15, 0.2) is 8.68 Å². The molecule has 0 amide bonds. The second kappa shape index (κ2) is 6.06. The van der Waals surface area contributed by atoms with E-state index in [9.17, 15) is 18.5 Å². The van der Waals surface area contributed by atoms with E-state index < -0.39 is 14.9 Å². The lowest BCUT2D eigenvalue weighted by molar-refractivity contribution is -0.385. The third kappa shape index (κ3) is 3.56. The van der Waals surface area contributed by atoms with Crippen LogP contribution in [0.4, 0.5) is 5.69 Å². The number of nitro groups is 1. The number of sulfonamides is 1. The van der Waals surface area contributed by atoms with Crippen LogP contribution in [0.2, 0.25) is 4.47 Å². The van der Waals surface area contributed by atoms with Gasteiger partial charge in [-0.2, -0.15) is 0 Å². The summed E-state index contributed by atoms with van der Waals surface area (Å²) in [4.78, 5) is 14.0. The number of rotatable bonds is 5. The van der Waals surface area contributed by atoms with Crippen molar-refractivity contribution in [2.75, 3.05) is 0 Å². The predicted octanol–water partition coefficient (Wildman–Crippen LogP) is 2.49. The summed E-state index contributed by atoms with van der Waals surface area (Å²) in [5, 5.41) is 10.8. The summed E-state index contributed by atoms with van der Waals surface area (Å²) in [6.45, 7) is 1.52. The molecule has 0 radical (unpaired) electrons. The lowest BCUT2D eigenvalue weighted by Crippen LogP contribution is -2.23. The van der Waals surface area contributed by atoms with Gasteiger partial charge in [-0.15, -0.1) is 0 Å². The lowest BCUT2D eigenvalue weighted by Gasteiger charge is -2.07. The molecule has 1 aromatic heterocycles. The minimum atomic E-state index is -3.74. The van der Waals surface area contributed by atoms with Gasteiger partial charge in [-0.25, -0.2) is 18.1 Å². The fraction of sp³-hybridized carbons (Fsp3) is 0.182. The van der Waals surface area contributed by atoms with E-state index in [0.717, 1.165) is 17.5 Å². The summed E-state index contributed by atoms with van der Waals surface area (Å²) < 4.78 is 26.5. The maximum absolute atomic E-state index is 12.0. The van der Waals surface area contributed by atoms with Crippen LogP contribution in [0.15, 0.2) is 28.6 Å². The van der Waals surface area contributed by atoms with Crippen molar-refractivity contribution < 1.29 is 13.3 Å². The smallest absolute Gasteiger partial charge is 0.258 e. The van der Waals surface area contributed by atoms with Crippen molar-refractivity contribution in [3.05, 3.63) is 50.1 Å². The van der Waals surface area contributed by atoms with Crippen molar-refractivity contribution in [2.24, 2.45) is 0 Å². The first-order chi connectivity index (χ1) is 9.81. The number of benzene rings is 1. The molecule has 1 aromatic carbocycles. The molecule has 0 bridgehead atoms. The number of aromatic nitrogens is 1. The van der Waals surface area contributed by atoms with Gasteiger partial charge in [0.1, 0.15) is 0 Å². The molecule has 0 saturated carbocycles. The third-order valence-corrected chi connectivity index (χ3v) is 5.77. The Hall–Kier alpha value is -1.55. The summed E-state index contributed by atoms with van der Waals surface area (Å²) >= 11 is 6.44. The van der Waals surface area contributed by atoms with Crippen molar-refractivity contribution >= 4 is 38.6 Å². The molecule has 2 rings (SSSR count). The summed E-state index contributed by atoms with van der Waals surface area (Å²) in [6.07, 6.45) is 1.16. The second-order valence-electron chi connectivity index (χ2n) is 4.08. The van der Waals surface area contributed by atoms with Crippen LogP contribution in [0.3, 0.4) is 0 Å². The Bertz CT molecular complexity index is 789. The molecule has 0 unspecified atom stereocenters. The topological polar surface area (TPSA) is 102 Å². The van der Waals surface area contributed by atoms with Gasteiger partial charge in [0.05, 0.1) is 11.1 Å². The van der Waals surface area contributed by atoms with Gasteiger partial charge in [0.25, 0.3) is 15.7 Å². The van der Waals surface area contributed by atoms with Gasteiger partial charge >= 0.3 is 0 Å². The predicted molar refractivity (Wildman–Crippen MR) is 79.0 cm³/mol. The Morgan fingerprint density at radius 3 is 2.76 bits per heavy atom. The van der Waals surface area contributed by atoms with Crippen LogP contribution in [0.1, 0.15) is 11.1 Å². The highest BCUT2D eigenvalue weighted by Crippen LogP contribution is 2.24. The van der Waals surface area contributed by atoms with E-state index in [2.05, 4.69) is 9.71 Å². The van der Waals surface area contributed by atoms with Crippen molar-refractivity contribution in [3.63, 3.8) is 0 Å². The normalized spacial score (nSPS) is 11.5. The first-order valence-electron chi connectivity index (χ1n) is 5.65. The van der Waals surface area contributed by atoms with Crippen LogP contribution >= 0.6 is 22.9 Å². The molecule has 0 saturated heterocycles. The molecule has 0 spiro atoms. The average molecular weight is 348 g/mol. The quantitative estimate of drug-likeness (QED) is 0.661. The monoisotopic (exact) mass is 347 g/mol. The number of nitrogens with one attached hydrogen (secondary N) is 1. The van der Waals surface area contributed by atoms with Gasteiger partial charge in [0, 0.05) is 18.2 Å². The largest absolute Gasteiger partial charge is 0.272 e. The highest BCUT2D eigenvalue weighted by atomic mass is 35.5. The van der Waals surface area contributed by atoms with E-state index in [0.29, 0.717) is 11.1 Å². The van der Waals surface area contributed by atoms with Gasteiger partial charge in [0.2, 0.25) is 0 Å². The average Bonchev–Trinajstić information content (AvgIpc) is 2.85. The molecule has 1 heterocycles. The van der Waals surface area contributed by atoms with Crippen LogP contribution in [0.25, 0.3) is 0 Å². The molecule has 21 heavy (non-hydrogen) atoms. The molecule has 1 N–H and O–H groups in total. The standard InChI is InChI=1S/C11H10ClN3O4S2/c1-7-8(3-2-4-9(7)15(16)17)5-14-21(18,19)10-6-13-11(12)20-10/h2-4,6,14H,5H2,1H3. The Balaban J connectivity index is 2.21. The Labute approximate surface area is 129 Å². The molecule has 112 valence electrons. The fourth-order valence-corrected chi connectivity index (χ4v) is 4.01. The van der Waals surface area contributed by atoms with E-state index in [1.807, 2.05) is 0 Å². The number of hydrogen-bond acceptors (Lipinski definition) is 6. The maximum Gasteiger partial charge on any atom is 0.272 e. The maximum atomic E-state index is 12.0. The first kappa shape index (κ1) is 15.8.